The van der Waals surface area contributed by atoms with Gasteiger partial charge in [0.25, 0.3) is 5.69 Å². The average Bonchev–Trinajstić information content (AvgIpc) is 2.89. The number of hydrogen-bond acceptors (Lipinski definition) is 7. The molecule has 2 aromatic rings. The molecule has 2 aliphatic carbocycles. The third-order valence-corrected chi connectivity index (χ3v) is 8.37. The monoisotopic (exact) mass is 558 g/mol. The van der Waals surface area contributed by atoms with Gasteiger partial charge in [-0.25, -0.2) is 0 Å². The Morgan fingerprint density at radius 2 is 1.51 bits per heavy atom. The van der Waals surface area contributed by atoms with Crippen molar-refractivity contribution in [1.29, 1.82) is 0 Å². The molecule has 0 fully saturated rings. The van der Waals surface area contributed by atoms with Crippen LogP contribution in [-0.2, 0) is 16.2 Å². The molecule has 41 heavy (non-hydrogen) atoms. The predicted octanol–water partition coefficient (Wildman–Crippen LogP) is 6.89. The van der Waals surface area contributed by atoms with Gasteiger partial charge in [-0.2, -0.15) is 0 Å². The number of benzene rings is 2. The summed E-state index contributed by atoms with van der Waals surface area (Å²) in [6, 6.07) is 11.9. The summed E-state index contributed by atoms with van der Waals surface area (Å²) in [6.45, 7) is 11.4. The van der Waals surface area contributed by atoms with E-state index in [9.17, 15) is 19.7 Å². The molecule has 0 N–H and O–H groups in total. The number of carbonyl (C=O) groups excluding carboxylic acids is 2. The molecule has 0 bridgehead atoms. The second-order valence-electron chi connectivity index (χ2n) is 12.9. The first-order chi connectivity index (χ1) is 19.3. The Morgan fingerprint density at radius 1 is 0.902 bits per heavy atom. The van der Waals surface area contributed by atoms with E-state index in [-0.39, 0.29) is 34.7 Å². The van der Waals surface area contributed by atoms with E-state index in [0.717, 1.165) is 40.9 Å². The Morgan fingerprint density at radius 3 is 2.05 bits per heavy atom. The van der Waals surface area contributed by atoms with Gasteiger partial charge in [0.15, 0.2) is 23.1 Å². The van der Waals surface area contributed by atoms with E-state index in [1.165, 1.54) is 12.1 Å². The molecular weight excluding hydrogens is 520 g/mol. The summed E-state index contributed by atoms with van der Waals surface area (Å²) < 4.78 is 11.7. The number of nitro groups is 1. The summed E-state index contributed by atoms with van der Waals surface area (Å²) in [6.07, 6.45) is 2.41. The first-order valence-corrected chi connectivity index (χ1v) is 14.2. The van der Waals surface area contributed by atoms with Gasteiger partial charge in [-0.05, 0) is 53.9 Å². The maximum Gasteiger partial charge on any atom is 0.269 e. The Kier molecular flexibility index (Phi) is 7.30. The number of Topliss-reactive ketones (excluding diaryl/α,β-unsaturated/α-hetero) is 2. The topological polar surface area (TPSA) is 99.0 Å². The van der Waals surface area contributed by atoms with Gasteiger partial charge in [-0.15, -0.1) is 0 Å². The molecule has 0 aromatic heterocycles. The van der Waals surface area contributed by atoms with Gasteiger partial charge < -0.3 is 14.4 Å². The lowest BCUT2D eigenvalue weighted by Crippen LogP contribution is -2.44. The highest BCUT2D eigenvalue weighted by Crippen LogP contribution is 2.54. The van der Waals surface area contributed by atoms with Crippen molar-refractivity contribution in [3.8, 4) is 11.5 Å². The van der Waals surface area contributed by atoms with Crippen LogP contribution in [-0.4, -0.2) is 35.0 Å². The van der Waals surface area contributed by atoms with E-state index < -0.39 is 10.8 Å². The largest absolute Gasteiger partial charge is 0.493 e. The van der Waals surface area contributed by atoms with Crippen molar-refractivity contribution >= 4 is 17.3 Å². The fourth-order valence-electron chi connectivity index (χ4n) is 6.67. The summed E-state index contributed by atoms with van der Waals surface area (Å²) in [5.41, 5.74) is 4.68. The SMILES string of the molecule is CCN1C2=C(C(=O)CC(C)(C)C2)C(c2ccc(OCc3cccc([N+](=O)[O-])c3)c(OC)c2)C2=C1CC(C)(C)CC2=O. The molecule has 5 rings (SSSR count). The number of hydrogen-bond donors (Lipinski definition) is 0. The Bertz CT molecular complexity index is 1440. The first kappa shape index (κ1) is 28.6. The lowest BCUT2D eigenvalue weighted by Gasteiger charge is -2.48. The molecule has 0 spiro atoms. The smallest absolute Gasteiger partial charge is 0.269 e. The maximum absolute atomic E-state index is 13.8. The van der Waals surface area contributed by atoms with Crippen LogP contribution in [0.25, 0.3) is 0 Å². The maximum atomic E-state index is 13.8. The van der Waals surface area contributed by atoms with E-state index in [1.807, 2.05) is 12.1 Å². The summed E-state index contributed by atoms with van der Waals surface area (Å²) in [5.74, 6) is 0.670. The van der Waals surface area contributed by atoms with Crippen LogP contribution in [0.1, 0.15) is 77.3 Å². The van der Waals surface area contributed by atoms with E-state index in [1.54, 1.807) is 25.3 Å². The molecule has 216 valence electrons. The molecule has 8 heteroatoms. The number of carbonyl (C=O) groups is 2. The predicted molar refractivity (Wildman–Crippen MR) is 156 cm³/mol. The molecule has 0 saturated carbocycles. The number of methoxy groups -OCH3 is 1. The highest BCUT2D eigenvalue weighted by molar-refractivity contribution is 6.06. The fraction of sp³-hybridized carbons (Fsp3) is 0.455. The minimum absolute atomic E-state index is 0.000598. The van der Waals surface area contributed by atoms with Crippen molar-refractivity contribution < 1.29 is 24.0 Å². The van der Waals surface area contributed by atoms with E-state index >= 15 is 0 Å². The van der Waals surface area contributed by atoms with Gasteiger partial charge in [-0.1, -0.05) is 45.9 Å². The summed E-state index contributed by atoms with van der Waals surface area (Å²) in [5, 5.41) is 11.2. The quantitative estimate of drug-likeness (QED) is 0.270. The molecule has 8 nitrogen and oxygen atoms in total. The van der Waals surface area contributed by atoms with Gasteiger partial charge in [0.05, 0.1) is 12.0 Å². The van der Waals surface area contributed by atoms with Crippen LogP contribution in [0.4, 0.5) is 5.69 Å². The fourth-order valence-corrected chi connectivity index (χ4v) is 6.67. The van der Waals surface area contributed by atoms with Crippen LogP contribution in [0.15, 0.2) is 65.0 Å². The van der Waals surface area contributed by atoms with Crippen molar-refractivity contribution in [2.75, 3.05) is 13.7 Å². The van der Waals surface area contributed by atoms with Crippen molar-refractivity contribution in [1.82, 2.24) is 4.90 Å². The number of ketones is 2. The molecule has 0 radical (unpaired) electrons. The molecular formula is C33H38N2O6. The molecule has 3 aliphatic rings. The van der Waals surface area contributed by atoms with Gasteiger partial charge in [-0.3, -0.25) is 19.7 Å². The van der Waals surface area contributed by atoms with Crippen molar-refractivity contribution in [3.63, 3.8) is 0 Å². The number of nitro benzene ring substituents is 1. The number of nitrogens with zero attached hydrogens (tertiary/aromatic N) is 2. The van der Waals surface area contributed by atoms with Crippen LogP contribution >= 0.6 is 0 Å². The molecule has 1 heterocycles. The first-order valence-electron chi connectivity index (χ1n) is 14.2. The lowest BCUT2D eigenvalue weighted by molar-refractivity contribution is -0.384. The minimum atomic E-state index is -0.463. The molecule has 2 aromatic carbocycles. The summed E-state index contributed by atoms with van der Waals surface area (Å²) in [4.78, 5) is 40.6. The zero-order chi connectivity index (χ0) is 29.7. The van der Waals surface area contributed by atoms with E-state index in [2.05, 4.69) is 39.5 Å². The molecule has 1 aliphatic heterocycles. The second kappa shape index (κ2) is 10.5. The van der Waals surface area contributed by atoms with Crippen LogP contribution in [0.2, 0.25) is 0 Å². The van der Waals surface area contributed by atoms with Crippen LogP contribution in [0.3, 0.4) is 0 Å². The second-order valence-corrected chi connectivity index (χ2v) is 12.9. The van der Waals surface area contributed by atoms with Crippen LogP contribution in [0.5, 0.6) is 11.5 Å². The van der Waals surface area contributed by atoms with Crippen molar-refractivity contribution in [2.45, 2.75) is 72.8 Å². The zero-order valence-electron chi connectivity index (χ0n) is 24.7. The van der Waals surface area contributed by atoms with Crippen molar-refractivity contribution in [2.24, 2.45) is 10.8 Å². The van der Waals surface area contributed by atoms with Gasteiger partial charge >= 0.3 is 0 Å². The minimum Gasteiger partial charge on any atom is -0.493 e. The van der Waals surface area contributed by atoms with Crippen LogP contribution in [0, 0.1) is 20.9 Å². The van der Waals surface area contributed by atoms with Crippen LogP contribution < -0.4 is 9.47 Å². The highest BCUT2D eigenvalue weighted by atomic mass is 16.6. The lowest BCUT2D eigenvalue weighted by atomic mass is 9.63. The Labute approximate surface area is 241 Å². The number of rotatable bonds is 7. The molecule has 0 atom stereocenters. The third kappa shape index (κ3) is 5.39. The molecule has 0 saturated heterocycles. The summed E-state index contributed by atoms with van der Waals surface area (Å²) in [7, 11) is 1.55. The number of ether oxygens (including phenoxy) is 2. The summed E-state index contributed by atoms with van der Waals surface area (Å²) >= 11 is 0. The van der Waals surface area contributed by atoms with Gasteiger partial charge in [0, 0.05) is 60.0 Å². The Balaban J connectivity index is 1.58. The zero-order valence-corrected chi connectivity index (χ0v) is 24.7. The highest BCUT2D eigenvalue weighted by Gasteiger charge is 2.48. The third-order valence-electron chi connectivity index (χ3n) is 8.37. The number of non-ortho nitro benzene ring substituents is 1. The van der Waals surface area contributed by atoms with E-state index in [0.29, 0.717) is 36.4 Å². The molecule has 0 amide bonds. The molecule has 0 unspecified atom stereocenters. The average molecular weight is 559 g/mol. The van der Waals surface area contributed by atoms with Crippen molar-refractivity contribution in [3.05, 3.63) is 86.2 Å². The van der Waals surface area contributed by atoms with Gasteiger partial charge in [0.2, 0.25) is 0 Å². The number of allylic oxidation sites excluding steroid dienone is 4. The Hall–Kier alpha value is -3.94. The van der Waals surface area contributed by atoms with Gasteiger partial charge in [0.1, 0.15) is 6.61 Å². The van der Waals surface area contributed by atoms with E-state index in [4.69, 9.17) is 9.47 Å². The normalized spacial score (nSPS) is 20.1. The standard InChI is InChI=1S/C33H38N2O6/c1-7-34-23-15-32(2,3)17-25(36)30(23)29(31-24(34)16-33(4,5)18-26(31)37)21-11-12-27(28(14-21)40-6)41-19-20-9-8-10-22(13-20)35(38)39/h8-14,29H,7,15-19H2,1-6H3.